The highest BCUT2D eigenvalue weighted by molar-refractivity contribution is 6.39. The number of carbonyl (C=O) groups is 1. The van der Waals surface area contributed by atoms with Crippen LogP contribution in [0.3, 0.4) is 0 Å². The molecule has 0 unspecified atom stereocenters. The van der Waals surface area contributed by atoms with Crippen LogP contribution in [0.1, 0.15) is 35.8 Å². The van der Waals surface area contributed by atoms with Crippen LogP contribution < -0.4 is 4.74 Å². The lowest BCUT2D eigenvalue weighted by atomic mass is 9.60. The average Bonchev–Trinajstić information content (AvgIpc) is 3.03. The highest BCUT2D eigenvalue weighted by Gasteiger charge is 2.30. The van der Waals surface area contributed by atoms with Crippen molar-refractivity contribution in [1.29, 1.82) is 0 Å². The van der Waals surface area contributed by atoms with Gasteiger partial charge in [-0.2, -0.15) is 5.10 Å². The zero-order valence-corrected chi connectivity index (χ0v) is 16.2. The van der Waals surface area contributed by atoms with E-state index < -0.39 is 11.2 Å². The minimum absolute atomic E-state index is 0.0550. The van der Waals surface area contributed by atoms with Crippen molar-refractivity contribution in [3.63, 3.8) is 0 Å². The number of carbonyl (C=O) groups excluding carboxylic acids is 1. The van der Waals surface area contributed by atoms with Crippen LogP contribution in [0.5, 0.6) is 11.5 Å². The first-order valence-corrected chi connectivity index (χ1v) is 8.91. The summed E-state index contributed by atoms with van der Waals surface area (Å²) in [5.41, 5.74) is 1.36. The van der Waals surface area contributed by atoms with Gasteiger partial charge in [0.15, 0.2) is 27.8 Å². The van der Waals surface area contributed by atoms with Gasteiger partial charge < -0.3 is 9.84 Å². The zero-order valence-electron chi connectivity index (χ0n) is 16.2. The summed E-state index contributed by atoms with van der Waals surface area (Å²) in [5, 5.41) is 13.1. The normalized spacial score (nSPS) is 11.6. The first-order chi connectivity index (χ1) is 13.3. The molecule has 3 aromatic rings. The van der Waals surface area contributed by atoms with E-state index >= 15 is 0 Å². The van der Waals surface area contributed by atoms with Gasteiger partial charge in [0.2, 0.25) is 0 Å². The van der Waals surface area contributed by atoms with Gasteiger partial charge in [0, 0.05) is 17.8 Å². The van der Waals surface area contributed by atoms with Gasteiger partial charge in [-0.05, 0) is 32.0 Å². The summed E-state index contributed by atoms with van der Waals surface area (Å²) >= 11 is 0. The van der Waals surface area contributed by atoms with Crippen LogP contribution in [0.15, 0.2) is 42.7 Å². The van der Waals surface area contributed by atoms with Gasteiger partial charge in [0.25, 0.3) is 0 Å². The molecule has 0 atom stereocenters. The molecule has 0 spiro atoms. The fourth-order valence-electron chi connectivity index (χ4n) is 3.10. The maximum Gasteiger partial charge on any atom is 0.170 e. The number of benzene rings is 1. The molecule has 2 aromatic heterocycles. The van der Waals surface area contributed by atoms with Crippen LogP contribution in [0.2, 0.25) is 0 Å². The van der Waals surface area contributed by atoms with Gasteiger partial charge >= 0.3 is 0 Å². The van der Waals surface area contributed by atoms with E-state index in [0.717, 1.165) is 0 Å². The van der Waals surface area contributed by atoms with Crippen LogP contribution in [0.25, 0.3) is 11.4 Å². The molecule has 0 aliphatic carbocycles. The van der Waals surface area contributed by atoms with Gasteiger partial charge in [0.05, 0.1) is 22.9 Å². The maximum atomic E-state index is 14.6. The Hall–Kier alpha value is -3.09. The quantitative estimate of drug-likeness (QED) is 0.521. The summed E-state index contributed by atoms with van der Waals surface area (Å²) in [7, 11) is 3.58. The molecule has 0 fully saturated rings. The molecule has 9 heteroatoms. The molecule has 142 valence electrons. The Labute approximate surface area is 164 Å². The highest BCUT2D eigenvalue weighted by atomic mass is 19.1. The number of pyridine rings is 1. The monoisotopic (exact) mass is 379 g/mol. The molecule has 0 radical (unpaired) electrons. The van der Waals surface area contributed by atoms with Crippen molar-refractivity contribution < 1.29 is 19.0 Å². The lowest BCUT2D eigenvalue weighted by Crippen LogP contribution is -2.35. The number of phenols is 1. The number of ether oxygens (including phenoxy) is 1. The maximum absolute atomic E-state index is 14.6. The number of hydrogen-bond acceptors (Lipinski definition) is 5. The molecule has 6 nitrogen and oxygen atoms in total. The topological polar surface area (TPSA) is 77.2 Å². The number of rotatable bonds is 6. The second kappa shape index (κ2) is 7.50. The number of aromatic hydroxyl groups is 1. The Kier molecular flexibility index (Phi) is 5.27. The van der Waals surface area contributed by atoms with Crippen LogP contribution in [-0.2, 0) is 5.40 Å². The number of halogens is 1. The lowest BCUT2D eigenvalue weighted by Gasteiger charge is -2.30. The van der Waals surface area contributed by atoms with Gasteiger partial charge in [0.1, 0.15) is 17.2 Å². The second-order valence-corrected chi connectivity index (χ2v) is 7.20. The predicted octanol–water partition coefficient (Wildman–Crippen LogP) is 1.64. The van der Waals surface area contributed by atoms with E-state index in [0.29, 0.717) is 17.5 Å². The molecule has 3 rings (SSSR count). The molecule has 0 amide bonds. The number of aldehydes is 1. The van der Waals surface area contributed by atoms with Gasteiger partial charge in [-0.15, -0.1) is 0 Å². The molecule has 1 aromatic carbocycles. The predicted molar refractivity (Wildman–Crippen MR) is 109 cm³/mol. The third-order valence-electron chi connectivity index (χ3n) is 4.45. The minimum Gasteiger partial charge on any atom is -0.507 e. The molecular weight excluding hydrogens is 359 g/mol. The fourth-order valence-corrected chi connectivity index (χ4v) is 3.10. The third kappa shape index (κ3) is 3.52. The van der Waals surface area contributed by atoms with Crippen molar-refractivity contribution in [1.82, 2.24) is 14.8 Å². The van der Waals surface area contributed by atoms with Gasteiger partial charge in [-0.1, -0.05) is 12.1 Å². The first kappa shape index (κ1) is 19.7. The number of phenolic OH excluding ortho intramolecular Hbond substituents is 1. The van der Waals surface area contributed by atoms with E-state index in [-0.39, 0.29) is 28.8 Å². The third-order valence-corrected chi connectivity index (χ3v) is 4.45. The van der Waals surface area contributed by atoms with Crippen molar-refractivity contribution in [2.24, 2.45) is 0 Å². The molecule has 0 saturated heterocycles. The average molecular weight is 379 g/mol. The smallest absolute Gasteiger partial charge is 0.170 e. The van der Waals surface area contributed by atoms with Crippen LogP contribution in [0.4, 0.5) is 4.39 Å². The first-order valence-electron chi connectivity index (χ1n) is 8.91. The SMILES string of the molecule is BC(B)(Oc1cccc(O)c1C=O)c1cccnc1-c1c(F)cnn1C(C)C. The van der Waals surface area contributed by atoms with Crippen LogP contribution >= 0.6 is 0 Å². The number of hydrogen-bond donors (Lipinski definition) is 1. The summed E-state index contributed by atoms with van der Waals surface area (Å²) in [6.07, 6.45) is 3.29. The standard InChI is InChI=1S/C19H20B2FN3O3/c1-11(2)25-18(14(22)9-24-25)17-13(5-4-8-23-17)19(20,21)28-16-7-3-6-15(27)12(16)10-26/h3-11,27H,20-21H2,1-2H3. The Morgan fingerprint density at radius 2 is 2.04 bits per heavy atom. The Morgan fingerprint density at radius 3 is 2.71 bits per heavy atom. The number of nitrogens with zero attached hydrogens (tertiary/aromatic N) is 3. The summed E-state index contributed by atoms with van der Waals surface area (Å²) < 4.78 is 22.2. The zero-order chi connectivity index (χ0) is 20.5. The summed E-state index contributed by atoms with van der Waals surface area (Å²) in [6.45, 7) is 3.81. The molecule has 0 aliphatic heterocycles. The van der Waals surface area contributed by atoms with Gasteiger partial charge in [-0.3, -0.25) is 14.5 Å². The van der Waals surface area contributed by atoms with E-state index in [1.54, 1.807) is 50.8 Å². The van der Waals surface area contributed by atoms with Crippen molar-refractivity contribution in [2.75, 3.05) is 0 Å². The van der Waals surface area contributed by atoms with E-state index in [2.05, 4.69) is 10.1 Å². The lowest BCUT2D eigenvalue weighted by molar-refractivity contribution is 0.111. The molecule has 1 N–H and O–H groups in total. The summed E-state index contributed by atoms with van der Waals surface area (Å²) in [6, 6.07) is 8.07. The van der Waals surface area contributed by atoms with Crippen LogP contribution in [0, 0.1) is 5.82 Å². The van der Waals surface area contributed by atoms with Crippen molar-refractivity contribution >= 4 is 22.0 Å². The van der Waals surface area contributed by atoms with E-state index in [1.807, 2.05) is 13.8 Å². The molecular formula is C19H20B2FN3O3. The molecule has 28 heavy (non-hydrogen) atoms. The largest absolute Gasteiger partial charge is 0.507 e. The second-order valence-electron chi connectivity index (χ2n) is 7.20. The highest BCUT2D eigenvalue weighted by Crippen LogP contribution is 2.35. The molecule has 0 aliphatic rings. The summed E-state index contributed by atoms with van der Waals surface area (Å²) in [5.74, 6) is -0.415. The Morgan fingerprint density at radius 1 is 1.29 bits per heavy atom. The Bertz CT molecular complexity index is 1020. The molecule has 0 bridgehead atoms. The fraction of sp³-hybridized carbons (Fsp3) is 0.211. The summed E-state index contributed by atoms with van der Waals surface area (Å²) in [4.78, 5) is 15.8. The van der Waals surface area contributed by atoms with Crippen molar-refractivity contribution in [2.45, 2.75) is 25.3 Å². The van der Waals surface area contributed by atoms with Crippen molar-refractivity contribution in [3.8, 4) is 22.9 Å². The van der Waals surface area contributed by atoms with E-state index in [4.69, 9.17) is 4.74 Å². The molecule has 2 heterocycles. The van der Waals surface area contributed by atoms with E-state index in [9.17, 15) is 14.3 Å². The number of aromatic nitrogens is 3. The van der Waals surface area contributed by atoms with E-state index in [1.165, 1.54) is 12.3 Å². The van der Waals surface area contributed by atoms with Crippen molar-refractivity contribution in [3.05, 3.63) is 59.7 Å². The Balaban J connectivity index is 2.12. The van der Waals surface area contributed by atoms with Crippen LogP contribution in [-0.4, -0.2) is 41.8 Å². The van der Waals surface area contributed by atoms with Gasteiger partial charge in [-0.25, -0.2) is 4.39 Å². The minimum atomic E-state index is -0.979. The molecule has 0 saturated carbocycles.